The zero-order valence-corrected chi connectivity index (χ0v) is 22.7. The molecule has 0 atom stereocenters. The van der Waals surface area contributed by atoms with Crippen LogP contribution in [-0.2, 0) is 10.2 Å². The molecule has 200 valence electrons. The number of carbonyl (C=O) groups excluding carboxylic acids is 1. The summed E-state index contributed by atoms with van der Waals surface area (Å²) in [4.78, 5) is 20.9. The Bertz CT molecular complexity index is 1250. The molecule has 4 fully saturated rings. The number of hydrogen-bond donors (Lipinski definition) is 0. The Balaban J connectivity index is 1.28. The van der Waals surface area contributed by atoms with Gasteiger partial charge in [0.25, 0.3) is 0 Å². The molecule has 0 N–H and O–H groups in total. The van der Waals surface area contributed by atoms with Crippen LogP contribution in [0, 0.1) is 18.3 Å². The second kappa shape index (κ2) is 10.2. The Morgan fingerprint density at radius 1 is 0.974 bits per heavy atom. The molecule has 0 aliphatic heterocycles. The molecule has 4 aliphatic carbocycles. The van der Waals surface area contributed by atoms with Crippen LogP contribution in [0.4, 0.5) is 5.69 Å². The van der Waals surface area contributed by atoms with Crippen molar-refractivity contribution in [3.63, 3.8) is 0 Å². The van der Waals surface area contributed by atoms with E-state index >= 15 is 0 Å². The predicted octanol–water partition coefficient (Wildman–Crippen LogP) is 7.26. The van der Waals surface area contributed by atoms with Gasteiger partial charge in [0, 0.05) is 23.6 Å². The molecule has 0 radical (unpaired) electrons. The van der Waals surface area contributed by atoms with Gasteiger partial charge < -0.3 is 14.2 Å². The Hall–Kier alpha value is -3.15. The Labute approximate surface area is 225 Å². The van der Waals surface area contributed by atoms with Crippen molar-refractivity contribution < 1.29 is 14.1 Å². The van der Waals surface area contributed by atoms with Gasteiger partial charge in [0.05, 0.1) is 7.11 Å². The molecule has 38 heavy (non-hydrogen) atoms. The first-order valence-electron chi connectivity index (χ1n) is 14.4. The minimum atomic E-state index is 0.0233. The van der Waals surface area contributed by atoms with Crippen LogP contribution in [-0.4, -0.2) is 29.7 Å². The van der Waals surface area contributed by atoms with Gasteiger partial charge in [-0.3, -0.25) is 4.79 Å². The van der Waals surface area contributed by atoms with Crippen molar-refractivity contribution in [1.29, 1.82) is 0 Å². The quantitative estimate of drug-likeness (QED) is 0.333. The molecule has 2 aromatic carbocycles. The standard InChI is InChI=1S/C32H39N3O3/c1-23-33-30(38-34-23)32-18-15-31(16-19-32,17-20-32)22-35(29(36)25-7-4-3-5-8-25)27-10-6-9-26(21-27)24-11-13-28(37-2)14-12-24/h6,9-14,21,25H,3-5,7-8,15-20,22H2,1-2H3. The summed E-state index contributed by atoms with van der Waals surface area (Å²) in [6.07, 6.45) is 12.1. The molecule has 4 aliphatic rings. The summed E-state index contributed by atoms with van der Waals surface area (Å²) >= 11 is 0. The highest BCUT2D eigenvalue weighted by molar-refractivity contribution is 5.96. The summed E-state index contributed by atoms with van der Waals surface area (Å²) in [6, 6.07) is 16.7. The number of fused-ring (bicyclic) bond motifs is 3. The van der Waals surface area contributed by atoms with Crippen molar-refractivity contribution in [3.8, 4) is 16.9 Å². The first-order valence-corrected chi connectivity index (χ1v) is 14.4. The van der Waals surface area contributed by atoms with Gasteiger partial charge in [-0.05, 0) is 99.1 Å². The summed E-state index contributed by atoms with van der Waals surface area (Å²) < 4.78 is 11.0. The van der Waals surface area contributed by atoms with Gasteiger partial charge in [-0.15, -0.1) is 0 Å². The number of carbonyl (C=O) groups is 1. The number of methoxy groups -OCH3 is 1. The summed E-state index contributed by atoms with van der Waals surface area (Å²) in [6.45, 7) is 2.70. The molecular weight excluding hydrogens is 474 g/mol. The number of hydrogen-bond acceptors (Lipinski definition) is 5. The van der Waals surface area contributed by atoms with E-state index in [-0.39, 0.29) is 16.7 Å². The average Bonchev–Trinajstić information content (AvgIpc) is 3.44. The smallest absolute Gasteiger partial charge is 0.232 e. The van der Waals surface area contributed by atoms with Crippen LogP contribution in [0.2, 0.25) is 0 Å². The molecule has 6 nitrogen and oxygen atoms in total. The van der Waals surface area contributed by atoms with Crippen LogP contribution in [0.1, 0.15) is 82.3 Å². The van der Waals surface area contributed by atoms with Crippen LogP contribution < -0.4 is 9.64 Å². The fourth-order valence-electron chi connectivity index (χ4n) is 7.17. The third-order valence-electron chi connectivity index (χ3n) is 9.68. The van der Waals surface area contributed by atoms with Crippen molar-refractivity contribution in [2.45, 2.75) is 83.0 Å². The number of benzene rings is 2. The lowest BCUT2D eigenvalue weighted by Crippen LogP contribution is -2.51. The third kappa shape index (κ3) is 4.74. The molecule has 4 saturated carbocycles. The molecule has 0 spiro atoms. The lowest BCUT2D eigenvalue weighted by molar-refractivity contribution is -0.124. The number of anilines is 1. The van der Waals surface area contributed by atoms with Gasteiger partial charge >= 0.3 is 0 Å². The lowest BCUT2D eigenvalue weighted by atomic mass is 9.53. The van der Waals surface area contributed by atoms with Crippen LogP contribution in [0.5, 0.6) is 5.75 Å². The highest BCUT2D eigenvalue weighted by atomic mass is 16.5. The van der Waals surface area contributed by atoms with E-state index in [1.54, 1.807) is 7.11 Å². The van der Waals surface area contributed by atoms with Crippen LogP contribution in [0.3, 0.4) is 0 Å². The predicted molar refractivity (Wildman–Crippen MR) is 148 cm³/mol. The Morgan fingerprint density at radius 2 is 1.68 bits per heavy atom. The fraction of sp³-hybridized carbons (Fsp3) is 0.531. The molecule has 0 unspecified atom stereocenters. The molecule has 1 amide bonds. The maximum Gasteiger partial charge on any atom is 0.232 e. The van der Waals surface area contributed by atoms with Gasteiger partial charge in [-0.25, -0.2) is 0 Å². The first kappa shape index (κ1) is 25.1. The van der Waals surface area contributed by atoms with Gasteiger partial charge in [-0.2, -0.15) is 4.98 Å². The number of aryl methyl sites for hydroxylation is 1. The normalized spacial score (nSPS) is 25.3. The summed E-state index contributed by atoms with van der Waals surface area (Å²) in [5.74, 6) is 2.85. The van der Waals surface area contributed by atoms with Gasteiger partial charge in [0.15, 0.2) is 5.82 Å². The molecule has 2 bridgehead atoms. The molecule has 7 rings (SSSR count). The van der Waals surface area contributed by atoms with Crippen molar-refractivity contribution in [2.24, 2.45) is 11.3 Å². The van der Waals surface area contributed by atoms with Crippen molar-refractivity contribution in [3.05, 3.63) is 60.2 Å². The van der Waals surface area contributed by atoms with E-state index in [4.69, 9.17) is 9.26 Å². The Kier molecular flexibility index (Phi) is 6.75. The molecule has 0 saturated heterocycles. The molecule has 3 aromatic rings. The maximum absolute atomic E-state index is 14.1. The largest absolute Gasteiger partial charge is 0.497 e. The van der Waals surface area contributed by atoms with E-state index in [2.05, 4.69) is 51.4 Å². The first-order chi connectivity index (χ1) is 18.5. The van der Waals surface area contributed by atoms with Gasteiger partial charge in [0.2, 0.25) is 11.8 Å². The van der Waals surface area contributed by atoms with E-state index < -0.39 is 0 Å². The van der Waals surface area contributed by atoms with Gasteiger partial charge in [-0.1, -0.05) is 48.7 Å². The van der Waals surface area contributed by atoms with Crippen LogP contribution in [0.25, 0.3) is 11.1 Å². The zero-order valence-electron chi connectivity index (χ0n) is 22.7. The second-order valence-corrected chi connectivity index (χ2v) is 12.0. The average molecular weight is 514 g/mol. The summed E-state index contributed by atoms with van der Waals surface area (Å²) in [5, 5.41) is 4.08. The number of nitrogens with zero attached hydrogens (tertiary/aromatic N) is 3. The van der Waals surface area contributed by atoms with Crippen molar-refractivity contribution in [1.82, 2.24) is 10.1 Å². The Morgan fingerprint density at radius 3 is 2.32 bits per heavy atom. The minimum Gasteiger partial charge on any atom is -0.497 e. The summed E-state index contributed by atoms with van der Waals surface area (Å²) in [7, 11) is 1.69. The minimum absolute atomic E-state index is 0.0233. The molecule has 1 aromatic heterocycles. The number of ether oxygens (including phenoxy) is 1. The van der Waals surface area contributed by atoms with E-state index in [1.807, 2.05) is 19.1 Å². The third-order valence-corrected chi connectivity index (χ3v) is 9.68. The molecule has 1 heterocycles. The SMILES string of the molecule is COc1ccc(-c2cccc(N(CC34CCC(c5nc(C)no5)(CC3)CC4)C(=O)C3CCCCC3)c2)cc1. The molecular formula is C32H39N3O3. The maximum atomic E-state index is 14.1. The van der Waals surface area contributed by atoms with E-state index in [1.165, 1.54) is 6.42 Å². The number of rotatable bonds is 7. The number of aromatic nitrogens is 2. The van der Waals surface area contributed by atoms with Crippen LogP contribution in [0.15, 0.2) is 53.1 Å². The second-order valence-electron chi connectivity index (χ2n) is 12.0. The highest BCUT2D eigenvalue weighted by Gasteiger charge is 2.53. The topological polar surface area (TPSA) is 68.5 Å². The van der Waals surface area contributed by atoms with Gasteiger partial charge in [0.1, 0.15) is 5.75 Å². The molecule has 6 heteroatoms. The highest BCUT2D eigenvalue weighted by Crippen LogP contribution is 2.58. The van der Waals surface area contributed by atoms with E-state index in [0.29, 0.717) is 5.91 Å². The monoisotopic (exact) mass is 513 g/mol. The fourth-order valence-corrected chi connectivity index (χ4v) is 7.17. The van der Waals surface area contributed by atoms with Crippen molar-refractivity contribution >= 4 is 11.6 Å². The summed E-state index contributed by atoms with van der Waals surface area (Å²) in [5.41, 5.74) is 3.46. The van der Waals surface area contributed by atoms with E-state index in [0.717, 1.165) is 105 Å². The zero-order chi connectivity index (χ0) is 26.2. The lowest BCUT2D eigenvalue weighted by Gasteiger charge is -2.53. The van der Waals surface area contributed by atoms with E-state index in [9.17, 15) is 4.79 Å². The number of amides is 1. The van der Waals surface area contributed by atoms with Crippen LogP contribution >= 0.6 is 0 Å². The van der Waals surface area contributed by atoms with Crippen molar-refractivity contribution in [2.75, 3.05) is 18.6 Å².